The number of nitrogens with zero attached hydrogens (tertiary/aromatic N) is 3. The maximum absolute atomic E-state index is 6.09. The van der Waals surface area contributed by atoms with Gasteiger partial charge in [-0.05, 0) is 36.2 Å². The predicted molar refractivity (Wildman–Crippen MR) is 111 cm³/mol. The Bertz CT molecular complexity index is 713. The van der Waals surface area contributed by atoms with Gasteiger partial charge in [0.05, 0.1) is 6.54 Å². The van der Waals surface area contributed by atoms with Gasteiger partial charge in [0.2, 0.25) is 0 Å². The van der Waals surface area contributed by atoms with E-state index in [1.807, 2.05) is 19.2 Å². The van der Waals surface area contributed by atoms with Gasteiger partial charge in [0.25, 0.3) is 0 Å². The molecule has 6 heteroatoms. The Balaban J connectivity index is 0.00000208. The van der Waals surface area contributed by atoms with Crippen molar-refractivity contribution in [3.8, 4) is 0 Å². The summed E-state index contributed by atoms with van der Waals surface area (Å²) in [6.45, 7) is 0.831. The molecular weight excluding hydrogens is 435 g/mol. The smallest absolute Gasteiger partial charge is 0.193 e. The number of rotatable bonds is 4. The molecule has 1 heterocycles. The third-order valence-corrected chi connectivity index (χ3v) is 4.64. The van der Waals surface area contributed by atoms with Crippen LogP contribution in [0.2, 0.25) is 5.02 Å². The van der Waals surface area contributed by atoms with Gasteiger partial charge in [0.1, 0.15) is 0 Å². The Hall–Kier alpha value is -1.21. The lowest BCUT2D eigenvalue weighted by Crippen LogP contribution is -2.40. The minimum Gasteiger partial charge on any atom is -0.353 e. The second-order valence-corrected chi connectivity index (χ2v) is 6.60. The van der Waals surface area contributed by atoms with Crippen molar-refractivity contribution in [1.29, 1.82) is 0 Å². The summed E-state index contributed by atoms with van der Waals surface area (Å²) in [7, 11) is 5.97. The Morgan fingerprint density at radius 3 is 2.79 bits per heavy atom. The topological polar surface area (TPSA) is 32.6 Å². The molecule has 0 aliphatic heterocycles. The molecule has 2 unspecified atom stereocenters. The SMILES string of the molecule is CN=C(NC1CC1c1cccc(Cl)c1)N(C)Cc1cccn1C.I. The van der Waals surface area contributed by atoms with Crippen LogP contribution in [0.5, 0.6) is 0 Å². The molecule has 0 bridgehead atoms. The highest BCUT2D eigenvalue weighted by Gasteiger charge is 2.39. The zero-order valence-corrected chi connectivity index (χ0v) is 17.3. The number of aliphatic imine (C=N–C) groups is 1. The van der Waals surface area contributed by atoms with Gasteiger partial charge in [-0.3, -0.25) is 4.99 Å². The van der Waals surface area contributed by atoms with Gasteiger partial charge in [-0.1, -0.05) is 23.7 Å². The molecule has 0 saturated heterocycles. The maximum Gasteiger partial charge on any atom is 0.193 e. The van der Waals surface area contributed by atoms with E-state index in [1.54, 1.807) is 0 Å². The van der Waals surface area contributed by atoms with Gasteiger partial charge in [0.15, 0.2) is 5.96 Å². The van der Waals surface area contributed by atoms with Crippen molar-refractivity contribution < 1.29 is 0 Å². The molecule has 0 radical (unpaired) electrons. The number of hydrogen-bond donors (Lipinski definition) is 1. The molecule has 4 nitrogen and oxygen atoms in total. The first-order chi connectivity index (χ1) is 11.1. The molecule has 1 aliphatic carbocycles. The van der Waals surface area contributed by atoms with E-state index < -0.39 is 0 Å². The lowest BCUT2D eigenvalue weighted by atomic mass is 10.1. The van der Waals surface area contributed by atoms with Crippen LogP contribution in [-0.4, -0.2) is 35.6 Å². The van der Waals surface area contributed by atoms with E-state index in [0.29, 0.717) is 12.0 Å². The number of halogens is 2. The van der Waals surface area contributed by atoms with Crippen LogP contribution >= 0.6 is 35.6 Å². The quantitative estimate of drug-likeness (QED) is 0.429. The lowest BCUT2D eigenvalue weighted by Gasteiger charge is -2.22. The summed E-state index contributed by atoms with van der Waals surface area (Å²) in [4.78, 5) is 6.58. The summed E-state index contributed by atoms with van der Waals surface area (Å²) in [5, 5.41) is 4.37. The van der Waals surface area contributed by atoms with E-state index in [2.05, 4.69) is 64.3 Å². The van der Waals surface area contributed by atoms with Crippen molar-refractivity contribution in [1.82, 2.24) is 14.8 Å². The Morgan fingerprint density at radius 2 is 2.17 bits per heavy atom. The number of guanidine groups is 1. The van der Waals surface area contributed by atoms with E-state index in [4.69, 9.17) is 11.6 Å². The molecule has 1 aromatic carbocycles. The normalized spacial score (nSPS) is 19.6. The van der Waals surface area contributed by atoms with Crippen molar-refractivity contribution in [3.05, 3.63) is 58.9 Å². The highest BCUT2D eigenvalue weighted by Crippen LogP contribution is 2.41. The average molecular weight is 459 g/mol. The van der Waals surface area contributed by atoms with Crippen LogP contribution in [0.1, 0.15) is 23.6 Å². The monoisotopic (exact) mass is 458 g/mol. The second kappa shape index (κ2) is 8.25. The Labute approximate surface area is 165 Å². The van der Waals surface area contributed by atoms with Crippen LogP contribution in [0.25, 0.3) is 0 Å². The molecule has 1 aliphatic rings. The molecule has 0 spiro atoms. The fraction of sp³-hybridized carbons (Fsp3) is 0.389. The molecule has 2 aromatic rings. The van der Waals surface area contributed by atoms with Crippen LogP contribution in [0, 0.1) is 0 Å². The van der Waals surface area contributed by atoms with Gasteiger partial charge in [-0.15, -0.1) is 24.0 Å². The van der Waals surface area contributed by atoms with Crippen molar-refractivity contribution in [3.63, 3.8) is 0 Å². The van der Waals surface area contributed by atoms with E-state index in [1.165, 1.54) is 11.3 Å². The molecule has 1 N–H and O–H groups in total. The maximum atomic E-state index is 6.09. The Kier molecular flexibility index (Phi) is 6.57. The first-order valence-corrected chi connectivity index (χ1v) is 8.26. The number of benzene rings is 1. The summed E-state index contributed by atoms with van der Waals surface area (Å²) in [6.07, 6.45) is 3.19. The van der Waals surface area contributed by atoms with Crippen molar-refractivity contribution in [2.45, 2.75) is 24.9 Å². The summed E-state index contributed by atoms with van der Waals surface area (Å²) >= 11 is 6.09. The molecular formula is C18H24ClIN4. The summed E-state index contributed by atoms with van der Waals surface area (Å²) < 4.78 is 2.13. The minimum absolute atomic E-state index is 0. The van der Waals surface area contributed by atoms with E-state index in [-0.39, 0.29) is 24.0 Å². The number of hydrogen-bond acceptors (Lipinski definition) is 1. The van der Waals surface area contributed by atoms with Crippen molar-refractivity contribution in [2.75, 3.05) is 14.1 Å². The van der Waals surface area contributed by atoms with Gasteiger partial charge >= 0.3 is 0 Å². The van der Waals surface area contributed by atoms with Crippen LogP contribution in [-0.2, 0) is 13.6 Å². The van der Waals surface area contributed by atoms with E-state index in [0.717, 1.165) is 23.9 Å². The number of aryl methyl sites for hydroxylation is 1. The third-order valence-electron chi connectivity index (χ3n) is 4.41. The molecule has 1 aromatic heterocycles. The predicted octanol–water partition coefficient (Wildman–Crippen LogP) is 3.86. The third kappa shape index (κ3) is 4.45. The van der Waals surface area contributed by atoms with Crippen LogP contribution < -0.4 is 5.32 Å². The molecule has 24 heavy (non-hydrogen) atoms. The lowest BCUT2D eigenvalue weighted by molar-refractivity contribution is 0.461. The highest BCUT2D eigenvalue weighted by atomic mass is 127. The zero-order valence-electron chi connectivity index (χ0n) is 14.2. The first kappa shape index (κ1) is 19.1. The number of nitrogens with one attached hydrogen (secondary N) is 1. The van der Waals surface area contributed by atoms with E-state index >= 15 is 0 Å². The second-order valence-electron chi connectivity index (χ2n) is 6.16. The highest BCUT2D eigenvalue weighted by molar-refractivity contribution is 14.0. The van der Waals surface area contributed by atoms with Gasteiger partial charge < -0.3 is 14.8 Å². The summed E-state index contributed by atoms with van der Waals surface area (Å²) in [5.41, 5.74) is 2.56. The molecule has 130 valence electrons. The molecule has 1 fully saturated rings. The van der Waals surface area contributed by atoms with Gasteiger partial charge in [0, 0.05) is 50.0 Å². The minimum atomic E-state index is 0. The van der Waals surface area contributed by atoms with Gasteiger partial charge in [-0.2, -0.15) is 0 Å². The Morgan fingerprint density at radius 1 is 1.38 bits per heavy atom. The average Bonchev–Trinajstić information content (AvgIpc) is 3.20. The number of aromatic nitrogens is 1. The van der Waals surface area contributed by atoms with Gasteiger partial charge in [-0.25, -0.2) is 0 Å². The van der Waals surface area contributed by atoms with Crippen molar-refractivity contribution >= 4 is 41.5 Å². The standard InChI is InChI=1S/C18H23ClN4.HI/c1-20-18(23(3)12-15-8-5-9-22(15)2)21-17-11-16(17)13-6-4-7-14(19)10-13;/h4-10,16-17H,11-12H2,1-3H3,(H,20,21);1H. The molecule has 0 amide bonds. The fourth-order valence-electron chi connectivity index (χ4n) is 2.95. The molecule has 3 rings (SSSR count). The fourth-order valence-corrected chi connectivity index (χ4v) is 3.15. The molecule has 1 saturated carbocycles. The zero-order chi connectivity index (χ0) is 16.4. The first-order valence-electron chi connectivity index (χ1n) is 7.88. The van der Waals surface area contributed by atoms with Crippen molar-refractivity contribution in [2.24, 2.45) is 12.0 Å². The largest absolute Gasteiger partial charge is 0.353 e. The molecule has 2 atom stereocenters. The van der Waals surface area contributed by atoms with E-state index in [9.17, 15) is 0 Å². The summed E-state index contributed by atoms with van der Waals surface area (Å²) in [5.74, 6) is 1.45. The van der Waals surface area contributed by atoms with Crippen LogP contribution in [0.4, 0.5) is 0 Å². The van der Waals surface area contributed by atoms with Crippen LogP contribution in [0.3, 0.4) is 0 Å². The van der Waals surface area contributed by atoms with Crippen LogP contribution in [0.15, 0.2) is 47.6 Å². The summed E-state index contributed by atoms with van der Waals surface area (Å²) in [6, 6.07) is 12.8.